The van der Waals surface area contributed by atoms with Gasteiger partial charge in [0.25, 0.3) is 0 Å². The molecular weight excluding hydrogens is 417 g/mol. The molecule has 1 unspecified atom stereocenters. The van der Waals surface area contributed by atoms with Crippen molar-refractivity contribution in [1.82, 2.24) is 24.9 Å². The number of halogens is 3. The normalized spacial score (nSPS) is 22.3. The predicted octanol–water partition coefficient (Wildman–Crippen LogP) is 2.28. The molecule has 9 nitrogen and oxygen atoms in total. The number of fused-ring (bicyclic) bond motifs is 1. The Bertz CT molecular complexity index is 915. The number of benzene rings is 1. The van der Waals surface area contributed by atoms with E-state index in [0.29, 0.717) is 19.6 Å². The van der Waals surface area contributed by atoms with Gasteiger partial charge in [-0.2, -0.15) is 13.2 Å². The van der Waals surface area contributed by atoms with Crippen molar-refractivity contribution in [2.24, 2.45) is 0 Å². The van der Waals surface area contributed by atoms with E-state index in [9.17, 15) is 23.3 Å². The molecule has 3 heterocycles. The van der Waals surface area contributed by atoms with E-state index in [2.05, 4.69) is 20.3 Å². The number of piperazine rings is 1. The molecule has 168 valence electrons. The van der Waals surface area contributed by atoms with Crippen LogP contribution < -0.4 is 10.2 Å². The van der Waals surface area contributed by atoms with Crippen molar-refractivity contribution in [2.45, 2.75) is 31.8 Å². The summed E-state index contributed by atoms with van der Waals surface area (Å²) in [6, 6.07) is 5.43. The highest BCUT2D eigenvalue weighted by Gasteiger charge is 2.41. The molecular formula is C19H23F3N6O3. The zero-order valence-electron chi connectivity index (χ0n) is 16.9. The molecule has 2 aromatic rings. The molecule has 1 aromatic carbocycles. The van der Waals surface area contributed by atoms with Gasteiger partial charge in [-0.3, -0.25) is 14.9 Å². The van der Waals surface area contributed by atoms with Gasteiger partial charge in [-0.15, -0.1) is 0 Å². The first kappa shape index (κ1) is 21.5. The number of alkyl halides is 3. The number of nitro groups is 1. The highest BCUT2D eigenvalue weighted by Crippen LogP contribution is 2.32. The first-order valence-corrected chi connectivity index (χ1v) is 9.89. The fourth-order valence-electron chi connectivity index (χ4n) is 3.92. The summed E-state index contributed by atoms with van der Waals surface area (Å²) in [6.07, 6.45) is -2.93. The molecule has 0 bridgehead atoms. The van der Waals surface area contributed by atoms with E-state index in [1.54, 1.807) is 4.57 Å². The Hall–Kier alpha value is -2.70. The summed E-state index contributed by atoms with van der Waals surface area (Å²) >= 11 is 0. The van der Waals surface area contributed by atoms with Crippen LogP contribution in [0.25, 0.3) is 0 Å². The molecule has 1 saturated heterocycles. The quantitative estimate of drug-likeness (QED) is 0.545. The van der Waals surface area contributed by atoms with Crippen LogP contribution in [0.15, 0.2) is 30.5 Å². The van der Waals surface area contributed by atoms with Gasteiger partial charge in [0.05, 0.1) is 12.1 Å². The van der Waals surface area contributed by atoms with Crippen molar-refractivity contribution in [3.8, 4) is 6.01 Å². The van der Waals surface area contributed by atoms with Crippen molar-refractivity contribution in [3.05, 3.63) is 51.7 Å². The van der Waals surface area contributed by atoms with E-state index in [0.717, 1.165) is 43.9 Å². The Morgan fingerprint density at radius 3 is 2.48 bits per heavy atom. The summed E-state index contributed by atoms with van der Waals surface area (Å²) in [5.41, 5.74) is 2.89. The second-order valence-electron chi connectivity index (χ2n) is 8.11. The average Bonchev–Trinajstić information content (AvgIpc) is 3.22. The third-order valence-corrected chi connectivity index (χ3v) is 5.48. The summed E-state index contributed by atoms with van der Waals surface area (Å²) in [4.78, 5) is 16.5. The van der Waals surface area contributed by atoms with Crippen LogP contribution in [-0.4, -0.2) is 62.7 Å². The van der Waals surface area contributed by atoms with Crippen molar-refractivity contribution < 1.29 is 22.8 Å². The van der Waals surface area contributed by atoms with Crippen LogP contribution in [0.5, 0.6) is 6.01 Å². The Balaban J connectivity index is 1.22. The zero-order valence-corrected chi connectivity index (χ0v) is 16.9. The number of hydrazine groups is 1. The molecule has 0 spiro atoms. The zero-order chi connectivity index (χ0) is 22.2. The summed E-state index contributed by atoms with van der Waals surface area (Å²) < 4.78 is 45.5. The molecule has 1 fully saturated rings. The van der Waals surface area contributed by atoms with Gasteiger partial charge < -0.3 is 14.9 Å². The molecule has 1 atom stereocenters. The lowest BCUT2D eigenvalue weighted by Crippen LogP contribution is -2.55. The lowest BCUT2D eigenvalue weighted by Gasteiger charge is -2.38. The van der Waals surface area contributed by atoms with Gasteiger partial charge >= 0.3 is 18.0 Å². The van der Waals surface area contributed by atoms with E-state index < -0.39 is 22.3 Å². The van der Waals surface area contributed by atoms with E-state index in [1.807, 2.05) is 6.92 Å². The second-order valence-corrected chi connectivity index (χ2v) is 8.11. The fourth-order valence-corrected chi connectivity index (χ4v) is 3.92. The van der Waals surface area contributed by atoms with Crippen molar-refractivity contribution in [2.75, 3.05) is 32.7 Å². The Morgan fingerprint density at radius 1 is 1.23 bits per heavy atom. The number of hydrogen-bond acceptors (Lipinski definition) is 7. The largest absolute Gasteiger partial charge is 0.436 e. The van der Waals surface area contributed by atoms with Crippen LogP contribution in [-0.2, 0) is 19.3 Å². The standard InChI is InChI=1S/C19H23F3N6O3/c1-18(13-26-11-16(28(29)30)24-17(26)31-18)12-25-6-8-27(9-7-25)23-10-14-2-4-15(5-3-14)19(20,21)22/h2-5,11,23H,6-10,12-13H2,1H3. The second kappa shape index (κ2) is 8.09. The number of ether oxygens (including phenoxy) is 1. The lowest BCUT2D eigenvalue weighted by atomic mass is 10.1. The van der Waals surface area contributed by atoms with E-state index in [4.69, 9.17) is 4.74 Å². The van der Waals surface area contributed by atoms with Gasteiger partial charge in [-0.1, -0.05) is 12.1 Å². The molecule has 0 amide bonds. The fraction of sp³-hybridized carbons (Fsp3) is 0.526. The van der Waals surface area contributed by atoms with Crippen molar-refractivity contribution in [1.29, 1.82) is 0 Å². The maximum Gasteiger partial charge on any atom is 0.416 e. The van der Waals surface area contributed by atoms with Gasteiger partial charge in [0.2, 0.25) is 0 Å². The van der Waals surface area contributed by atoms with Gasteiger partial charge in [0.1, 0.15) is 11.8 Å². The Labute approximate surface area is 176 Å². The van der Waals surface area contributed by atoms with Crippen LogP contribution in [0.3, 0.4) is 0 Å². The number of imidazole rings is 1. The van der Waals surface area contributed by atoms with Crippen LogP contribution in [0.1, 0.15) is 18.1 Å². The summed E-state index contributed by atoms with van der Waals surface area (Å²) in [7, 11) is 0. The van der Waals surface area contributed by atoms with Crippen LogP contribution in [0.2, 0.25) is 0 Å². The molecule has 0 radical (unpaired) electrons. The summed E-state index contributed by atoms with van der Waals surface area (Å²) in [5.74, 6) is -0.218. The van der Waals surface area contributed by atoms with Crippen molar-refractivity contribution >= 4 is 5.82 Å². The van der Waals surface area contributed by atoms with Gasteiger partial charge in [-0.05, 0) is 29.5 Å². The smallest absolute Gasteiger partial charge is 0.416 e. The Morgan fingerprint density at radius 2 is 1.90 bits per heavy atom. The summed E-state index contributed by atoms with van der Waals surface area (Å²) in [5, 5.41) is 12.9. The van der Waals surface area contributed by atoms with Crippen molar-refractivity contribution in [3.63, 3.8) is 0 Å². The minimum atomic E-state index is -4.32. The van der Waals surface area contributed by atoms with Gasteiger partial charge in [0, 0.05) is 44.3 Å². The van der Waals surface area contributed by atoms with E-state index in [1.165, 1.54) is 18.3 Å². The third kappa shape index (κ3) is 4.97. The molecule has 1 N–H and O–H groups in total. The Kier molecular flexibility index (Phi) is 5.62. The highest BCUT2D eigenvalue weighted by molar-refractivity contribution is 5.25. The topological polar surface area (TPSA) is 88.7 Å². The number of aromatic nitrogens is 2. The molecule has 1 aromatic heterocycles. The first-order valence-electron chi connectivity index (χ1n) is 9.89. The average molecular weight is 440 g/mol. The molecule has 2 aliphatic rings. The molecule has 0 aliphatic carbocycles. The minimum absolute atomic E-state index is 0.218. The SMILES string of the molecule is CC1(CN2CCN(NCc3ccc(C(F)(F)F)cc3)CC2)Cn2cc([N+](=O)[O-])nc2O1. The van der Waals surface area contributed by atoms with E-state index >= 15 is 0 Å². The predicted molar refractivity (Wildman–Crippen MR) is 104 cm³/mol. The number of rotatable bonds is 6. The minimum Gasteiger partial charge on any atom is -0.436 e. The molecule has 2 aliphatic heterocycles. The van der Waals surface area contributed by atoms with Crippen LogP contribution >= 0.6 is 0 Å². The molecule has 31 heavy (non-hydrogen) atoms. The molecule has 4 rings (SSSR count). The monoisotopic (exact) mass is 440 g/mol. The third-order valence-electron chi connectivity index (χ3n) is 5.48. The van der Waals surface area contributed by atoms with E-state index in [-0.39, 0.29) is 11.8 Å². The molecule has 12 heteroatoms. The lowest BCUT2D eigenvalue weighted by molar-refractivity contribution is -0.389. The van der Waals surface area contributed by atoms with Crippen LogP contribution in [0.4, 0.5) is 19.0 Å². The number of nitrogens with zero attached hydrogens (tertiary/aromatic N) is 5. The highest BCUT2D eigenvalue weighted by atomic mass is 19.4. The summed E-state index contributed by atoms with van der Waals surface area (Å²) in [6.45, 7) is 6.68. The number of nitrogens with one attached hydrogen (secondary N) is 1. The van der Waals surface area contributed by atoms with Gasteiger partial charge in [0.15, 0.2) is 0 Å². The van der Waals surface area contributed by atoms with Crippen LogP contribution in [0, 0.1) is 10.1 Å². The maximum atomic E-state index is 12.6. The van der Waals surface area contributed by atoms with Gasteiger partial charge in [-0.25, -0.2) is 5.01 Å². The number of hydrogen-bond donors (Lipinski definition) is 1. The molecule has 0 saturated carbocycles. The first-order chi connectivity index (χ1) is 14.6. The maximum absolute atomic E-state index is 12.6.